The molecule has 132 valence electrons. The standard InChI is InChI=1S/C18H15N3O5/c1-18(16(23)20-17(24)21-18)11-3-2-4-12(8-11)19-15(22)10-5-6-13-14(7-10)26-9-25-13/h2-8H,9H2,1H3,(H,19,22)(H2,20,21,23,24). The molecule has 26 heavy (non-hydrogen) atoms. The van der Waals surface area contributed by atoms with E-state index in [2.05, 4.69) is 16.0 Å². The van der Waals surface area contributed by atoms with Gasteiger partial charge in [-0.25, -0.2) is 4.79 Å². The van der Waals surface area contributed by atoms with Crippen LogP contribution < -0.4 is 25.4 Å². The fraction of sp³-hybridized carbons (Fsp3) is 0.167. The van der Waals surface area contributed by atoms with Gasteiger partial charge >= 0.3 is 6.03 Å². The second-order valence-electron chi connectivity index (χ2n) is 6.14. The summed E-state index contributed by atoms with van der Waals surface area (Å²) in [4.78, 5) is 36.0. The summed E-state index contributed by atoms with van der Waals surface area (Å²) in [5, 5.41) is 7.58. The summed E-state index contributed by atoms with van der Waals surface area (Å²) in [5.74, 6) is 0.343. The van der Waals surface area contributed by atoms with E-state index in [1.807, 2.05) is 0 Å². The largest absolute Gasteiger partial charge is 0.454 e. The topological polar surface area (TPSA) is 106 Å². The predicted octanol–water partition coefficient (Wildman–Crippen LogP) is 1.72. The number of benzene rings is 2. The molecule has 4 amide bonds. The molecule has 0 saturated carbocycles. The van der Waals surface area contributed by atoms with E-state index in [1.165, 1.54) is 0 Å². The van der Waals surface area contributed by atoms with Crippen molar-refractivity contribution in [2.45, 2.75) is 12.5 Å². The van der Waals surface area contributed by atoms with Crippen LogP contribution in [0.3, 0.4) is 0 Å². The molecule has 0 radical (unpaired) electrons. The zero-order chi connectivity index (χ0) is 18.3. The smallest absolute Gasteiger partial charge is 0.322 e. The summed E-state index contributed by atoms with van der Waals surface area (Å²) in [6.45, 7) is 1.74. The van der Waals surface area contributed by atoms with E-state index in [-0.39, 0.29) is 12.7 Å². The molecule has 1 saturated heterocycles. The Kier molecular flexibility index (Phi) is 3.54. The molecule has 8 nitrogen and oxygen atoms in total. The summed E-state index contributed by atoms with van der Waals surface area (Å²) in [6.07, 6.45) is 0. The van der Waals surface area contributed by atoms with Crippen molar-refractivity contribution in [1.82, 2.24) is 10.6 Å². The lowest BCUT2D eigenvalue weighted by Gasteiger charge is -2.21. The van der Waals surface area contributed by atoms with Crippen molar-refractivity contribution in [3.05, 3.63) is 53.6 Å². The molecule has 2 aromatic carbocycles. The first kappa shape index (κ1) is 15.9. The van der Waals surface area contributed by atoms with E-state index in [4.69, 9.17) is 9.47 Å². The number of carbonyl (C=O) groups excluding carboxylic acids is 3. The quantitative estimate of drug-likeness (QED) is 0.729. The number of urea groups is 1. The van der Waals surface area contributed by atoms with Crippen molar-refractivity contribution in [2.75, 3.05) is 12.1 Å². The lowest BCUT2D eigenvalue weighted by Crippen LogP contribution is -2.40. The molecule has 0 spiro atoms. The van der Waals surface area contributed by atoms with Crippen LogP contribution in [0.15, 0.2) is 42.5 Å². The van der Waals surface area contributed by atoms with Gasteiger partial charge in [0.15, 0.2) is 11.5 Å². The molecule has 0 bridgehead atoms. The minimum atomic E-state index is -1.18. The highest BCUT2D eigenvalue weighted by Gasteiger charge is 2.43. The van der Waals surface area contributed by atoms with E-state index in [0.717, 1.165) is 0 Å². The fourth-order valence-corrected chi connectivity index (χ4v) is 2.90. The van der Waals surface area contributed by atoms with Crippen molar-refractivity contribution >= 4 is 23.5 Å². The summed E-state index contributed by atoms with van der Waals surface area (Å²) in [6, 6.07) is 11.1. The normalized spacial score (nSPS) is 20.5. The van der Waals surface area contributed by atoms with Gasteiger partial charge in [0.05, 0.1) is 0 Å². The number of imide groups is 1. The Morgan fingerprint density at radius 1 is 1.12 bits per heavy atom. The molecule has 2 aromatic rings. The first-order chi connectivity index (χ1) is 12.5. The highest BCUT2D eigenvalue weighted by Crippen LogP contribution is 2.33. The number of rotatable bonds is 3. The van der Waals surface area contributed by atoms with Gasteiger partial charge in [-0.15, -0.1) is 0 Å². The number of hydrogen-bond acceptors (Lipinski definition) is 5. The molecule has 2 aliphatic rings. The van der Waals surface area contributed by atoms with Crippen molar-refractivity contribution in [2.24, 2.45) is 0 Å². The number of amides is 4. The van der Waals surface area contributed by atoms with Crippen LogP contribution in [0.1, 0.15) is 22.8 Å². The van der Waals surface area contributed by atoms with Crippen molar-refractivity contribution in [3.63, 3.8) is 0 Å². The first-order valence-corrected chi connectivity index (χ1v) is 7.91. The average Bonchev–Trinajstić information content (AvgIpc) is 3.19. The minimum absolute atomic E-state index is 0.134. The molecule has 3 N–H and O–H groups in total. The Morgan fingerprint density at radius 3 is 2.69 bits per heavy atom. The zero-order valence-corrected chi connectivity index (χ0v) is 13.8. The molecular weight excluding hydrogens is 338 g/mol. The van der Waals surface area contributed by atoms with Crippen LogP contribution in [-0.2, 0) is 10.3 Å². The van der Waals surface area contributed by atoms with Crippen LogP contribution in [-0.4, -0.2) is 24.6 Å². The summed E-state index contributed by atoms with van der Waals surface area (Å²) < 4.78 is 10.5. The van der Waals surface area contributed by atoms with E-state index < -0.39 is 17.5 Å². The van der Waals surface area contributed by atoms with Gasteiger partial charge in [-0.05, 0) is 42.8 Å². The van der Waals surface area contributed by atoms with Gasteiger partial charge in [-0.1, -0.05) is 12.1 Å². The third kappa shape index (κ3) is 2.61. The van der Waals surface area contributed by atoms with Crippen LogP contribution >= 0.6 is 0 Å². The second kappa shape index (κ2) is 5.76. The molecule has 0 aromatic heterocycles. The monoisotopic (exact) mass is 353 g/mol. The lowest BCUT2D eigenvalue weighted by molar-refractivity contribution is -0.123. The number of nitrogens with one attached hydrogen (secondary N) is 3. The Hall–Kier alpha value is -3.55. The van der Waals surface area contributed by atoms with E-state index in [9.17, 15) is 14.4 Å². The highest BCUT2D eigenvalue weighted by molar-refractivity contribution is 6.08. The van der Waals surface area contributed by atoms with Crippen LogP contribution in [0.25, 0.3) is 0 Å². The molecule has 2 aliphatic heterocycles. The predicted molar refractivity (Wildman–Crippen MR) is 91.0 cm³/mol. The average molecular weight is 353 g/mol. The van der Waals surface area contributed by atoms with Gasteiger partial charge in [0, 0.05) is 11.3 Å². The SMILES string of the molecule is CC1(c2cccc(NC(=O)c3ccc4c(c3)OCO4)c2)NC(=O)NC1=O. The number of carbonyl (C=O) groups is 3. The number of hydrogen-bond donors (Lipinski definition) is 3. The number of anilines is 1. The maximum absolute atomic E-state index is 12.5. The highest BCUT2D eigenvalue weighted by atomic mass is 16.7. The Bertz CT molecular complexity index is 942. The van der Waals surface area contributed by atoms with E-state index in [0.29, 0.717) is 28.3 Å². The molecule has 2 heterocycles. The first-order valence-electron chi connectivity index (χ1n) is 7.91. The van der Waals surface area contributed by atoms with Crippen LogP contribution in [0, 0.1) is 0 Å². The third-order valence-electron chi connectivity index (χ3n) is 4.38. The Balaban J connectivity index is 1.57. The van der Waals surface area contributed by atoms with Gasteiger partial charge in [0.25, 0.3) is 11.8 Å². The van der Waals surface area contributed by atoms with Crippen LogP contribution in [0.2, 0.25) is 0 Å². The van der Waals surface area contributed by atoms with Gasteiger partial charge < -0.3 is 20.1 Å². The minimum Gasteiger partial charge on any atom is -0.454 e. The third-order valence-corrected chi connectivity index (χ3v) is 4.38. The van der Waals surface area contributed by atoms with Crippen LogP contribution in [0.4, 0.5) is 10.5 Å². The maximum Gasteiger partial charge on any atom is 0.322 e. The maximum atomic E-state index is 12.5. The lowest BCUT2D eigenvalue weighted by atomic mass is 9.92. The summed E-state index contributed by atoms with van der Waals surface area (Å²) in [5.41, 5.74) is 0.291. The van der Waals surface area contributed by atoms with Gasteiger partial charge in [-0.2, -0.15) is 0 Å². The fourth-order valence-electron chi connectivity index (χ4n) is 2.90. The van der Waals surface area contributed by atoms with Gasteiger partial charge in [-0.3, -0.25) is 14.9 Å². The van der Waals surface area contributed by atoms with Gasteiger partial charge in [0.1, 0.15) is 5.54 Å². The molecule has 4 rings (SSSR count). The molecule has 1 fully saturated rings. The van der Waals surface area contributed by atoms with Crippen molar-refractivity contribution in [1.29, 1.82) is 0 Å². The Morgan fingerprint density at radius 2 is 1.92 bits per heavy atom. The second-order valence-corrected chi connectivity index (χ2v) is 6.14. The molecule has 0 aliphatic carbocycles. The molecular formula is C18H15N3O5. The molecule has 1 atom stereocenters. The molecule has 1 unspecified atom stereocenters. The van der Waals surface area contributed by atoms with Crippen molar-refractivity contribution < 1.29 is 23.9 Å². The zero-order valence-electron chi connectivity index (χ0n) is 13.8. The Labute approximate surface area is 148 Å². The van der Waals surface area contributed by atoms with Crippen molar-refractivity contribution in [3.8, 4) is 11.5 Å². The summed E-state index contributed by atoms with van der Waals surface area (Å²) in [7, 11) is 0. The number of fused-ring (bicyclic) bond motifs is 1. The van der Waals surface area contributed by atoms with E-state index >= 15 is 0 Å². The van der Waals surface area contributed by atoms with Crippen LogP contribution in [0.5, 0.6) is 11.5 Å². The summed E-state index contributed by atoms with van der Waals surface area (Å²) >= 11 is 0. The van der Waals surface area contributed by atoms with E-state index in [1.54, 1.807) is 49.4 Å². The molecule has 8 heteroatoms. The van der Waals surface area contributed by atoms with Gasteiger partial charge in [0.2, 0.25) is 6.79 Å². The number of ether oxygens (including phenoxy) is 2.